The van der Waals surface area contributed by atoms with Crippen LogP contribution in [0.25, 0.3) is 0 Å². The molecule has 0 amide bonds. The van der Waals surface area contributed by atoms with E-state index in [4.69, 9.17) is 17.3 Å². The summed E-state index contributed by atoms with van der Waals surface area (Å²) < 4.78 is 26.8. The topological polar surface area (TPSA) is 26.0 Å². The van der Waals surface area contributed by atoms with Gasteiger partial charge in [-0.3, -0.25) is 0 Å². The normalized spacial score (nSPS) is 12.9. The molecule has 1 nitrogen and oxygen atoms in total. The van der Waals surface area contributed by atoms with Crippen LogP contribution in [0.4, 0.5) is 8.78 Å². The fourth-order valence-electron chi connectivity index (χ4n) is 1.45. The lowest BCUT2D eigenvalue weighted by Crippen LogP contribution is -2.14. The van der Waals surface area contributed by atoms with Gasteiger partial charge in [-0.25, -0.2) is 8.78 Å². The summed E-state index contributed by atoms with van der Waals surface area (Å²) in [5.74, 6) is -1.36. The van der Waals surface area contributed by atoms with Crippen LogP contribution in [-0.4, -0.2) is 0 Å². The van der Waals surface area contributed by atoms with Gasteiger partial charge in [-0.15, -0.1) is 0 Å². The van der Waals surface area contributed by atoms with Crippen LogP contribution in [-0.2, 0) is 0 Å². The predicted octanol–water partition coefficient (Wildman–Crippen LogP) is 3.81. The van der Waals surface area contributed by atoms with E-state index < -0.39 is 17.7 Å². The minimum atomic E-state index is -0.736. The molecular formula is C11H14ClF2N. The van der Waals surface area contributed by atoms with Crippen LogP contribution >= 0.6 is 11.6 Å². The lowest BCUT2D eigenvalue weighted by atomic mass is 10.0. The first-order chi connectivity index (χ1) is 7.07. The Labute approximate surface area is 93.2 Å². The summed E-state index contributed by atoms with van der Waals surface area (Å²) in [5.41, 5.74) is 5.61. The van der Waals surface area contributed by atoms with Gasteiger partial charge in [-0.1, -0.05) is 31.4 Å². The smallest absolute Gasteiger partial charge is 0.149 e. The maximum Gasteiger partial charge on any atom is 0.149 e. The third-order valence-corrected chi connectivity index (χ3v) is 2.61. The molecule has 0 saturated carbocycles. The van der Waals surface area contributed by atoms with Crippen LogP contribution in [0.1, 0.15) is 37.8 Å². The van der Waals surface area contributed by atoms with Gasteiger partial charge in [0.15, 0.2) is 0 Å². The van der Waals surface area contributed by atoms with Crippen molar-refractivity contribution < 1.29 is 8.78 Å². The Kier molecular flexibility index (Phi) is 4.48. The van der Waals surface area contributed by atoms with Crippen LogP contribution in [0.15, 0.2) is 12.1 Å². The quantitative estimate of drug-likeness (QED) is 0.787. The molecule has 1 atom stereocenters. The van der Waals surface area contributed by atoms with E-state index in [1.807, 2.05) is 6.92 Å². The molecule has 4 heteroatoms. The first-order valence-electron chi connectivity index (χ1n) is 4.96. The van der Waals surface area contributed by atoms with Crippen molar-refractivity contribution in [2.45, 2.75) is 32.2 Å². The lowest BCUT2D eigenvalue weighted by Gasteiger charge is -2.13. The van der Waals surface area contributed by atoms with E-state index >= 15 is 0 Å². The van der Waals surface area contributed by atoms with Gasteiger partial charge in [0.1, 0.15) is 11.6 Å². The minimum absolute atomic E-state index is 0.0849. The Balaban J connectivity index is 2.96. The highest BCUT2D eigenvalue weighted by molar-refractivity contribution is 6.30. The van der Waals surface area contributed by atoms with Crippen molar-refractivity contribution in [2.75, 3.05) is 0 Å². The van der Waals surface area contributed by atoms with Crippen molar-refractivity contribution in [3.05, 3.63) is 34.4 Å². The van der Waals surface area contributed by atoms with Crippen LogP contribution in [0.2, 0.25) is 5.02 Å². The highest BCUT2D eigenvalue weighted by Crippen LogP contribution is 2.27. The van der Waals surface area contributed by atoms with E-state index in [0.717, 1.165) is 18.9 Å². The van der Waals surface area contributed by atoms with Crippen molar-refractivity contribution >= 4 is 11.6 Å². The minimum Gasteiger partial charge on any atom is -0.324 e. The molecule has 0 heterocycles. The fourth-order valence-corrected chi connectivity index (χ4v) is 1.62. The average molecular weight is 234 g/mol. The van der Waals surface area contributed by atoms with E-state index in [1.54, 1.807) is 0 Å². The van der Waals surface area contributed by atoms with E-state index in [2.05, 4.69) is 0 Å². The molecule has 0 fully saturated rings. The molecule has 1 aromatic carbocycles. The number of benzene rings is 1. The molecule has 0 spiro atoms. The molecule has 0 aliphatic rings. The van der Waals surface area contributed by atoms with Crippen LogP contribution in [0.5, 0.6) is 0 Å². The number of hydrogen-bond donors (Lipinski definition) is 1. The molecule has 0 aromatic heterocycles. The summed E-state index contributed by atoms with van der Waals surface area (Å²) in [6.07, 6.45) is 2.34. The molecule has 0 aliphatic carbocycles. The summed E-state index contributed by atoms with van der Waals surface area (Å²) in [4.78, 5) is 0. The first-order valence-corrected chi connectivity index (χ1v) is 5.34. The third-order valence-electron chi connectivity index (χ3n) is 2.32. The number of nitrogens with two attached hydrogens (primary N) is 1. The van der Waals surface area contributed by atoms with E-state index in [9.17, 15) is 8.78 Å². The molecule has 1 rings (SSSR count). The zero-order chi connectivity index (χ0) is 11.4. The Hall–Kier alpha value is -0.670. The first kappa shape index (κ1) is 12.4. The average Bonchev–Trinajstić information content (AvgIpc) is 2.21. The highest BCUT2D eigenvalue weighted by Gasteiger charge is 2.18. The predicted molar refractivity (Wildman–Crippen MR) is 57.8 cm³/mol. The fraction of sp³-hybridized carbons (Fsp3) is 0.455. The van der Waals surface area contributed by atoms with Crippen LogP contribution < -0.4 is 5.73 Å². The van der Waals surface area contributed by atoms with Crippen molar-refractivity contribution in [3.8, 4) is 0 Å². The molecule has 0 aliphatic heterocycles. The van der Waals surface area contributed by atoms with Gasteiger partial charge in [0.2, 0.25) is 0 Å². The van der Waals surface area contributed by atoms with Crippen molar-refractivity contribution in [1.29, 1.82) is 0 Å². The zero-order valence-corrected chi connectivity index (χ0v) is 9.32. The largest absolute Gasteiger partial charge is 0.324 e. The van der Waals surface area contributed by atoms with Crippen LogP contribution in [0, 0.1) is 11.6 Å². The van der Waals surface area contributed by atoms with Crippen molar-refractivity contribution in [1.82, 2.24) is 0 Å². The van der Waals surface area contributed by atoms with Gasteiger partial charge in [-0.2, -0.15) is 0 Å². The van der Waals surface area contributed by atoms with E-state index in [-0.39, 0.29) is 10.6 Å². The second kappa shape index (κ2) is 5.42. The zero-order valence-electron chi connectivity index (χ0n) is 8.56. The summed E-state index contributed by atoms with van der Waals surface area (Å²) in [6, 6.07) is 1.72. The second-order valence-electron chi connectivity index (χ2n) is 3.51. The van der Waals surface area contributed by atoms with E-state index in [0.29, 0.717) is 6.42 Å². The van der Waals surface area contributed by atoms with Gasteiger partial charge >= 0.3 is 0 Å². The van der Waals surface area contributed by atoms with Gasteiger partial charge in [0.05, 0.1) is 5.02 Å². The molecule has 0 radical (unpaired) electrons. The Morgan fingerprint density at radius 2 is 2.07 bits per heavy atom. The van der Waals surface area contributed by atoms with Gasteiger partial charge in [0.25, 0.3) is 0 Å². The lowest BCUT2D eigenvalue weighted by molar-refractivity contribution is 0.503. The highest BCUT2D eigenvalue weighted by atomic mass is 35.5. The van der Waals surface area contributed by atoms with Crippen LogP contribution in [0.3, 0.4) is 0 Å². The van der Waals surface area contributed by atoms with Crippen molar-refractivity contribution in [2.24, 2.45) is 5.73 Å². The van der Waals surface area contributed by atoms with Gasteiger partial charge < -0.3 is 5.73 Å². The summed E-state index contributed by atoms with van der Waals surface area (Å²) in [7, 11) is 0. The Morgan fingerprint density at radius 3 is 2.67 bits per heavy atom. The molecule has 84 valence electrons. The molecular weight excluding hydrogens is 220 g/mol. The number of halogens is 3. The Bertz CT molecular complexity index is 342. The SMILES string of the molecule is CCCC[C@@H](N)c1c(F)ccc(Cl)c1F. The van der Waals surface area contributed by atoms with Crippen molar-refractivity contribution in [3.63, 3.8) is 0 Å². The van der Waals surface area contributed by atoms with Gasteiger partial charge in [0, 0.05) is 11.6 Å². The molecule has 0 bridgehead atoms. The molecule has 15 heavy (non-hydrogen) atoms. The number of rotatable bonds is 4. The maximum atomic E-state index is 13.5. The van der Waals surface area contributed by atoms with Gasteiger partial charge in [-0.05, 0) is 18.6 Å². The molecule has 0 saturated heterocycles. The number of unbranched alkanes of at least 4 members (excludes halogenated alkanes) is 1. The maximum absolute atomic E-state index is 13.5. The summed E-state index contributed by atoms with van der Waals surface area (Å²) in [5, 5.41) is -0.0849. The standard InChI is InChI=1S/C11H14ClF2N/c1-2-3-4-9(15)10-8(13)6-5-7(12)11(10)14/h5-6,9H,2-4,15H2,1H3/t9-/m1/s1. The molecule has 0 unspecified atom stereocenters. The molecule has 2 N–H and O–H groups in total. The number of hydrogen-bond acceptors (Lipinski definition) is 1. The summed E-state index contributed by atoms with van der Waals surface area (Å²) in [6.45, 7) is 2.00. The monoisotopic (exact) mass is 233 g/mol. The van der Waals surface area contributed by atoms with E-state index in [1.165, 1.54) is 6.07 Å². The molecule has 1 aromatic rings. The summed E-state index contributed by atoms with van der Waals surface area (Å²) >= 11 is 5.57. The third kappa shape index (κ3) is 2.89. The second-order valence-corrected chi connectivity index (χ2v) is 3.91. The Morgan fingerprint density at radius 1 is 1.40 bits per heavy atom.